The second-order valence-electron chi connectivity index (χ2n) is 9.22. The molecule has 3 N–H and O–H groups in total. The zero-order chi connectivity index (χ0) is 26.2. The molecule has 1 fully saturated rings. The van der Waals surface area contributed by atoms with Crippen molar-refractivity contribution in [3.63, 3.8) is 0 Å². The molecule has 0 aliphatic carbocycles. The second-order valence-corrected chi connectivity index (χ2v) is 10.5. The Bertz CT molecular complexity index is 1040. The summed E-state index contributed by atoms with van der Waals surface area (Å²) >= 11 is 2.23. The van der Waals surface area contributed by atoms with Gasteiger partial charge in [-0.15, -0.1) is 0 Å². The molecule has 1 aliphatic rings. The molecule has 1 heterocycles. The number of aliphatic hydroxyl groups is 1. The number of nitrogens with zero attached hydrogens (tertiary/aromatic N) is 2. The van der Waals surface area contributed by atoms with E-state index in [4.69, 9.17) is 0 Å². The number of amides is 2. The lowest BCUT2D eigenvalue weighted by atomic mass is 10.0. The number of hydrogen-bond acceptors (Lipinski definition) is 5. The van der Waals surface area contributed by atoms with Crippen LogP contribution in [0, 0.1) is 15.2 Å². The van der Waals surface area contributed by atoms with E-state index < -0.39 is 23.8 Å². The Hall–Kier alpha value is -2.15. The number of hydrogen-bond donors (Lipinski definition) is 3. The Kier molecular flexibility index (Phi) is 10.6. The molecule has 10 heteroatoms. The third-order valence-corrected chi connectivity index (χ3v) is 7.04. The van der Waals surface area contributed by atoms with Gasteiger partial charge in [-0.2, -0.15) is 0 Å². The number of aliphatic hydroxyl groups excluding tert-OH is 1. The minimum absolute atomic E-state index is 0.00725. The van der Waals surface area contributed by atoms with E-state index in [-0.39, 0.29) is 43.9 Å². The standard InChI is InChI=1S/C26H33F2IN4O3/c1-3-22-14-33(16-26(36)32(22)2)15-25(35)31-23(10-18-7-19(27)11-20(28)8-18)24(34)13-30-12-17-5-4-6-21(29)9-17/h4-9,11,22-24,30,34H,3,10,12-16H2,1-2H3,(H,31,35)/t22-,23-,24+/m0/s1. The molecular weight excluding hydrogens is 581 g/mol. The first-order valence-electron chi connectivity index (χ1n) is 12.0. The number of carbonyl (C=O) groups is 2. The van der Waals surface area contributed by atoms with Crippen LogP contribution in [0.2, 0.25) is 0 Å². The third-order valence-electron chi connectivity index (χ3n) is 6.37. The summed E-state index contributed by atoms with van der Waals surface area (Å²) in [4.78, 5) is 28.7. The lowest BCUT2D eigenvalue weighted by Gasteiger charge is -2.38. The lowest BCUT2D eigenvalue weighted by molar-refractivity contribution is -0.139. The van der Waals surface area contributed by atoms with Crippen LogP contribution in [0.1, 0.15) is 24.5 Å². The summed E-state index contributed by atoms with van der Waals surface area (Å²) in [6.45, 7) is 3.38. The average molecular weight is 614 g/mol. The van der Waals surface area contributed by atoms with Crippen molar-refractivity contribution >= 4 is 34.4 Å². The van der Waals surface area contributed by atoms with Crippen LogP contribution in [0.5, 0.6) is 0 Å². The third kappa shape index (κ3) is 8.46. The fraction of sp³-hybridized carbons (Fsp3) is 0.462. The molecular formula is C26H33F2IN4O3. The van der Waals surface area contributed by atoms with Crippen LogP contribution in [0.3, 0.4) is 0 Å². The highest BCUT2D eigenvalue weighted by atomic mass is 127. The zero-order valence-corrected chi connectivity index (χ0v) is 22.7. The van der Waals surface area contributed by atoms with Crippen molar-refractivity contribution in [1.82, 2.24) is 20.4 Å². The predicted octanol–water partition coefficient (Wildman–Crippen LogP) is 2.30. The summed E-state index contributed by atoms with van der Waals surface area (Å²) in [7, 11) is 1.77. The largest absolute Gasteiger partial charge is 0.390 e. The van der Waals surface area contributed by atoms with Crippen molar-refractivity contribution in [3.05, 3.63) is 68.8 Å². The van der Waals surface area contributed by atoms with Crippen molar-refractivity contribution in [2.24, 2.45) is 0 Å². The van der Waals surface area contributed by atoms with E-state index in [9.17, 15) is 23.5 Å². The molecule has 36 heavy (non-hydrogen) atoms. The maximum atomic E-state index is 13.8. The molecule has 0 bridgehead atoms. The minimum Gasteiger partial charge on any atom is -0.390 e. The molecule has 2 aromatic rings. The van der Waals surface area contributed by atoms with E-state index >= 15 is 0 Å². The summed E-state index contributed by atoms with van der Waals surface area (Å²) in [6, 6.07) is 10.3. The normalized spacial score (nSPS) is 18.2. The van der Waals surface area contributed by atoms with Gasteiger partial charge >= 0.3 is 0 Å². The van der Waals surface area contributed by atoms with Gasteiger partial charge in [-0.05, 0) is 70.8 Å². The van der Waals surface area contributed by atoms with Crippen LogP contribution < -0.4 is 10.6 Å². The second kappa shape index (κ2) is 13.4. The predicted molar refractivity (Wildman–Crippen MR) is 142 cm³/mol. The molecule has 1 saturated heterocycles. The summed E-state index contributed by atoms with van der Waals surface area (Å²) in [6.07, 6.45) is -0.189. The smallest absolute Gasteiger partial charge is 0.236 e. The molecule has 0 aromatic heterocycles. The first-order valence-corrected chi connectivity index (χ1v) is 13.1. The number of halogens is 3. The molecule has 0 saturated carbocycles. The van der Waals surface area contributed by atoms with E-state index in [0.717, 1.165) is 21.6 Å². The van der Waals surface area contributed by atoms with Gasteiger partial charge in [0.2, 0.25) is 11.8 Å². The maximum Gasteiger partial charge on any atom is 0.236 e. The van der Waals surface area contributed by atoms with Crippen LogP contribution in [0.25, 0.3) is 0 Å². The molecule has 2 aromatic carbocycles. The molecule has 1 aliphatic heterocycles. The molecule has 0 radical (unpaired) electrons. The highest BCUT2D eigenvalue weighted by Crippen LogP contribution is 2.14. The van der Waals surface area contributed by atoms with Crippen molar-refractivity contribution in [2.45, 2.75) is 44.5 Å². The van der Waals surface area contributed by atoms with Crippen molar-refractivity contribution in [2.75, 3.05) is 33.2 Å². The Morgan fingerprint density at radius 2 is 1.92 bits per heavy atom. The Labute approximate surface area is 224 Å². The number of carbonyl (C=O) groups excluding carboxylic acids is 2. The fourth-order valence-electron chi connectivity index (χ4n) is 4.39. The van der Waals surface area contributed by atoms with E-state index in [1.165, 1.54) is 12.1 Å². The molecule has 3 rings (SSSR count). The number of rotatable bonds is 11. The van der Waals surface area contributed by atoms with Gasteiger partial charge < -0.3 is 20.6 Å². The van der Waals surface area contributed by atoms with Gasteiger partial charge in [0.15, 0.2) is 0 Å². The van der Waals surface area contributed by atoms with Crippen molar-refractivity contribution in [1.29, 1.82) is 0 Å². The Morgan fingerprint density at radius 3 is 2.58 bits per heavy atom. The number of likely N-dealkylation sites (N-methyl/N-ethyl adjacent to an activating group) is 1. The molecule has 7 nitrogen and oxygen atoms in total. The van der Waals surface area contributed by atoms with E-state index in [0.29, 0.717) is 18.7 Å². The SMILES string of the molecule is CC[C@H]1CN(CC(=O)N[C@@H](Cc2cc(F)cc(F)c2)[C@H](O)CNCc2cccc(I)c2)CC(=O)N1C. The van der Waals surface area contributed by atoms with E-state index in [2.05, 4.69) is 33.2 Å². The van der Waals surface area contributed by atoms with Gasteiger partial charge in [-0.3, -0.25) is 14.5 Å². The van der Waals surface area contributed by atoms with E-state index in [1.54, 1.807) is 16.8 Å². The first-order chi connectivity index (χ1) is 17.1. The Balaban J connectivity index is 1.65. The summed E-state index contributed by atoms with van der Waals surface area (Å²) in [5, 5.41) is 16.9. The van der Waals surface area contributed by atoms with Gasteiger partial charge in [0, 0.05) is 42.4 Å². The number of benzene rings is 2. The fourth-order valence-corrected chi connectivity index (χ4v) is 5.00. The quantitative estimate of drug-likeness (QED) is 0.339. The van der Waals surface area contributed by atoms with Crippen LogP contribution in [0.15, 0.2) is 42.5 Å². The monoisotopic (exact) mass is 614 g/mol. The van der Waals surface area contributed by atoms with Crippen LogP contribution in [-0.2, 0) is 22.6 Å². The number of nitrogens with one attached hydrogen (secondary N) is 2. The van der Waals surface area contributed by atoms with Gasteiger partial charge in [0.1, 0.15) is 11.6 Å². The summed E-state index contributed by atoms with van der Waals surface area (Å²) in [5.74, 6) is -1.85. The van der Waals surface area contributed by atoms with Gasteiger partial charge in [-0.25, -0.2) is 8.78 Å². The average Bonchev–Trinajstić information content (AvgIpc) is 2.80. The number of piperazine rings is 1. The molecule has 196 valence electrons. The van der Waals surface area contributed by atoms with Gasteiger partial charge in [0.05, 0.1) is 25.2 Å². The summed E-state index contributed by atoms with van der Waals surface area (Å²) in [5.41, 5.74) is 1.38. The molecule has 0 spiro atoms. The first kappa shape index (κ1) is 28.4. The van der Waals surface area contributed by atoms with Crippen LogP contribution in [-0.4, -0.2) is 78.1 Å². The lowest BCUT2D eigenvalue weighted by Crippen LogP contribution is -2.57. The highest BCUT2D eigenvalue weighted by molar-refractivity contribution is 14.1. The van der Waals surface area contributed by atoms with Crippen molar-refractivity contribution in [3.8, 4) is 0 Å². The topological polar surface area (TPSA) is 84.9 Å². The zero-order valence-electron chi connectivity index (χ0n) is 20.5. The molecule has 3 atom stereocenters. The van der Waals surface area contributed by atoms with Crippen molar-refractivity contribution < 1.29 is 23.5 Å². The minimum atomic E-state index is -1.01. The van der Waals surface area contributed by atoms with Crippen LogP contribution >= 0.6 is 22.6 Å². The van der Waals surface area contributed by atoms with Gasteiger partial charge in [-0.1, -0.05) is 19.1 Å². The van der Waals surface area contributed by atoms with Crippen LogP contribution in [0.4, 0.5) is 8.78 Å². The maximum absolute atomic E-state index is 13.8. The Morgan fingerprint density at radius 1 is 1.19 bits per heavy atom. The van der Waals surface area contributed by atoms with E-state index in [1.807, 2.05) is 31.2 Å². The molecule has 2 amide bonds. The van der Waals surface area contributed by atoms with Gasteiger partial charge in [0.25, 0.3) is 0 Å². The highest BCUT2D eigenvalue weighted by Gasteiger charge is 2.30. The summed E-state index contributed by atoms with van der Waals surface area (Å²) < 4.78 is 28.6. The molecule has 0 unspecified atom stereocenters.